The zero-order chi connectivity index (χ0) is 12.0. The van der Waals surface area contributed by atoms with Crippen molar-refractivity contribution in [3.63, 3.8) is 0 Å². The summed E-state index contributed by atoms with van der Waals surface area (Å²) < 4.78 is 5.09. The largest absolute Gasteiger partial charge is 0.383 e. The molecule has 0 radical (unpaired) electrons. The maximum absolute atomic E-state index is 8.85. The Kier molecular flexibility index (Phi) is 5.10. The number of hydrogen-bond donors (Lipinski definition) is 1. The molecule has 0 saturated heterocycles. The summed E-state index contributed by atoms with van der Waals surface area (Å²) in [6.45, 7) is 2.72. The monoisotopic (exact) mass is 238 g/mol. The SMILES string of the molecule is CCC(COC)Nc1ccc(Cl)c(C#N)c1. The number of anilines is 1. The molecule has 1 N–H and O–H groups in total. The topological polar surface area (TPSA) is 45.0 Å². The minimum atomic E-state index is 0.248. The third-order valence-electron chi connectivity index (χ3n) is 2.32. The molecule has 4 heteroatoms. The molecule has 0 saturated carbocycles. The molecule has 0 aliphatic carbocycles. The van der Waals surface area contributed by atoms with Crippen LogP contribution >= 0.6 is 11.6 Å². The molecule has 0 fully saturated rings. The van der Waals surface area contributed by atoms with Crippen LogP contribution < -0.4 is 5.32 Å². The van der Waals surface area contributed by atoms with Gasteiger partial charge in [0, 0.05) is 18.8 Å². The van der Waals surface area contributed by atoms with Gasteiger partial charge in [0.2, 0.25) is 0 Å². The minimum Gasteiger partial charge on any atom is -0.383 e. The van der Waals surface area contributed by atoms with E-state index in [4.69, 9.17) is 21.6 Å². The van der Waals surface area contributed by atoms with E-state index in [1.54, 1.807) is 19.2 Å². The highest BCUT2D eigenvalue weighted by atomic mass is 35.5. The molecule has 0 heterocycles. The van der Waals surface area contributed by atoms with Gasteiger partial charge in [-0.1, -0.05) is 18.5 Å². The van der Waals surface area contributed by atoms with E-state index in [0.717, 1.165) is 12.1 Å². The summed E-state index contributed by atoms with van der Waals surface area (Å²) in [5, 5.41) is 12.6. The van der Waals surface area contributed by atoms with Crippen LogP contribution in [0.15, 0.2) is 18.2 Å². The fourth-order valence-electron chi connectivity index (χ4n) is 1.40. The van der Waals surface area contributed by atoms with Crippen LogP contribution in [0.1, 0.15) is 18.9 Å². The number of ether oxygens (including phenoxy) is 1. The Balaban J connectivity index is 2.77. The highest BCUT2D eigenvalue weighted by Crippen LogP contribution is 2.20. The lowest BCUT2D eigenvalue weighted by Crippen LogP contribution is -2.23. The zero-order valence-electron chi connectivity index (χ0n) is 9.46. The lowest BCUT2D eigenvalue weighted by Gasteiger charge is -2.17. The first kappa shape index (κ1) is 12.8. The predicted octanol–water partition coefficient (Wildman–Crippen LogP) is 3.05. The van der Waals surface area contributed by atoms with Gasteiger partial charge in [-0.25, -0.2) is 0 Å². The third kappa shape index (κ3) is 3.41. The molecule has 0 amide bonds. The Morgan fingerprint density at radius 2 is 2.31 bits per heavy atom. The number of hydrogen-bond acceptors (Lipinski definition) is 3. The second kappa shape index (κ2) is 6.37. The number of rotatable bonds is 5. The van der Waals surface area contributed by atoms with E-state index >= 15 is 0 Å². The first-order valence-electron chi connectivity index (χ1n) is 5.16. The van der Waals surface area contributed by atoms with Gasteiger partial charge in [-0.2, -0.15) is 5.26 Å². The number of halogens is 1. The van der Waals surface area contributed by atoms with Crippen LogP contribution in [0.3, 0.4) is 0 Å². The second-order valence-corrected chi connectivity index (χ2v) is 3.92. The van der Waals surface area contributed by atoms with Crippen LogP contribution in [0.2, 0.25) is 5.02 Å². The van der Waals surface area contributed by atoms with E-state index < -0.39 is 0 Å². The van der Waals surface area contributed by atoms with Gasteiger partial charge in [-0.05, 0) is 24.6 Å². The molecule has 0 aromatic heterocycles. The first-order chi connectivity index (χ1) is 7.71. The molecule has 0 bridgehead atoms. The molecule has 86 valence electrons. The summed E-state index contributed by atoms with van der Waals surface area (Å²) >= 11 is 5.85. The van der Waals surface area contributed by atoms with Crippen LogP contribution in [0.4, 0.5) is 5.69 Å². The summed E-state index contributed by atoms with van der Waals surface area (Å²) in [5.74, 6) is 0. The van der Waals surface area contributed by atoms with Crippen molar-refractivity contribution in [1.29, 1.82) is 5.26 Å². The van der Waals surface area contributed by atoms with Crippen molar-refractivity contribution in [2.75, 3.05) is 19.0 Å². The Morgan fingerprint density at radius 3 is 2.88 bits per heavy atom. The van der Waals surface area contributed by atoms with Crippen molar-refractivity contribution in [3.8, 4) is 6.07 Å². The summed E-state index contributed by atoms with van der Waals surface area (Å²) in [5.41, 5.74) is 1.38. The Hall–Kier alpha value is -1.24. The Labute approximate surface area is 101 Å². The summed E-state index contributed by atoms with van der Waals surface area (Å²) in [6.07, 6.45) is 0.957. The number of nitrogens with zero attached hydrogens (tertiary/aromatic N) is 1. The third-order valence-corrected chi connectivity index (χ3v) is 2.65. The molecule has 0 aliphatic heterocycles. The maximum Gasteiger partial charge on any atom is 0.101 e. The molecule has 1 aromatic carbocycles. The van der Waals surface area contributed by atoms with Gasteiger partial charge >= 0.3 is 0 Å². The molecule has 0 aliphatic rings. The van der Waals surface area contributed by atoms with Gasteiger partial charge in [0.25, 0.3) is 0 Å². The fourth-order valence-corrected chi connectivity index (χ4v) is 1.56. The van der Waals surface area contributed by atoms with E-state index in [0.29, 0.717) is 17.2 Å². The predicted molar refractivity (Wildman–Crippen MR) is 65.7 cm³/mol. The number of nitriles is 1. The smallest absolute Gasteiger partial charge is 0.101 e. The number of benzene rings is 1. The van der Waals surface area contributed by atoms with Crippen LogP contribution in [-0.4, -0.2) is 19.8 Å². The van der Waals surface area contributed by atoms with Crippen molar-refractivity contribution in [2.24, 2.45) is 0 Å². The molecule has 1 unspecified atom stereocenters. The quantitative estimate of drug-likeness (QED) is 0.858. The molecule has 1 atom stereocenters. The Morgan fingerprint density at radius 1 is 1.56 bits per heavy atom. The molecule has 1 rings (SSSR count). The zero-order valence-corrected chi connectivity index (χ0v) is 10.2. The van der Waals surface area contributed by atoms with Crippen molar-refractivity contribution in [3.05, 3.63) is 28.8 Å². The van der Waals surface area contributed by atoms with E-state index in [-0.39, 0.29) is 6.04 Å². The second-order valence-electron chi connectivity index (χ2n) is 3.51. The van der Waals surface area contributed by atoms with Gasteiger partial charge < -0.3 is 10.1 Å². The van der Waals surface area contributed by atoms with Gasteiger partial charge in [0.15, 0.2) is 0 Å². The van der Waals surface area contributed by atoms with Crippen molar-refractivity contribution < 1.29 is 4.74 Å². The minimum absolute atomic E-state index is 0.248. The summed E-state index contributed by atoms with van der Waals surface area (Å²) in [6, 6.07) is 7.64. The van der Waals surface area contributed by atoms with E-state index in [2.05, 4.69) is 18.3 Å². The average Bonchev–Trinajstić information content (AvgIpc) is 2.30. The highest BCUT2D eigenvalue weighted by Gasteiger charge is 2.07. The number of methoxy groups -OCH3 is 1. The van der Waals surface area contributed by atoms with Crippen LogP contribution in [0.25, 0.3) is 0 Å². The van der Waals surface area contributed by atoms with E-state index in [9.17, 15) is 0 Å². The molecule has 0 spiro atoms. The molecule has 1 aromatic rings. The van der Waals surface area contributed by atoms with Gasteiger partial charge in [0.1, 0.15) is 6.07 Å². The van der Waals surface area contributed by atoms with Crippen molar-refractivity contribution in [1.82, 2.24) is 0 Å². The highest BCUT2D eigenvalue weighted by molar-refractivity contribution is 6.31. The standard InChI is InChI=1S/C12H15ClN2O/c1-3-10(8-16-2)15-11-4-5-12(13)9(6-11)7-14/h4-6,10,15H,3,8H2,1-2H3. The van der Waals surface area contributed by atoms with Crippen molar-refractivity contribution >= 4 is 17.3 Å². The summed E-state index contributed by atoms with van der Waals surface area (Å²) in [7, 11) is 1.67. The van der Waals surface area contributed by atoms with Gasteiger partial charge in [0.05, 0.1) is 17.2 Å². The molecule has 16 heavy (non-hydrogen) atoms. The lowest BCUT2D eigenvalue weighted by atomic mass is 10.2. The lowest BCUT2D eigenvalue weighted by molar-refractivity contribution is 0.184. The fraction of sp³-hybridized carbons (Fsp3) is 0.417. The first-order valence-corrected chi connectivity index (χ1v) is 5.54. The van der Waals surface area contributed by atoms with Gasteiger partial charge in [-0.3, -0.25) is 0 Å². The molecular weight excluding hydrogens is 224 g/mol. The normalized spacial score (nSPS) is 11.9. The molecular formula is C12H15ClN2O. The van der Waals surface area contributed by atoms with Crippen LogP contribution in [0.5, 0.6) is 0 Å². The van der Waals surface area contributed by atoms with E-state index in [1.165, 1.54) is 0 Å². The van der Waals surface area contributed by atoms with Crippen LogP contribution in [-0.2, 0) is 4.74 Å². The maximum atomic E-state index is 8.85. The Bertz CT molecular complexity index is 387. The van der Waals surface area contributed by atoms with E-state index in [1.807, 2.05) is 6.07 Å². The van der Waals surface area contributed by atoms with Crippen molar-refractivity contribution in [2.45, 2.75) is 19.4 Å². The molecule has 3 nitrogen and oxygen atoms in total. The summed E-state index contributed by atoms with van der Waals surface area (Å²) in [4.78, 5) is 0. The average molecular weight is 239 g/mol. The number of nitrogens with one attached hydrogen (secondary N) is 1. The van der Waals surface area contributed by atoms with Gasteiger partial charge in [-0.15, -0.1) is 0 Å². The van der Waals surface area contributed by atoms with Crippen LogP contribution in [0, 0.1) is 11.3 Å².